The van der Waals surface area contributed by atoms with E-state index in [0.717, 1.165) is 53.8 Å². The van der Waals surface area contributed by atoms with Crippen LogP contribution in [0.5, 0.6) is 0 Å². The Hall–Kier alpha value is -5.02. The minimum atomic E-state index is -0.949. The van der Waals surface area contributed by atoms with E-state index in [1.54, 1.807) is 36.5 Å². The molecule has 0 unspecified atom stereocenters. The van der Waals surface area contributed by atoms with Gasteiger partial charge in [-0.1, -0.05) is 30.3 Å². The number of nitrogens with zero attached hydrogens (tertiary/aromatic N) is 2. The molecule has 218 valence electrons. The molecule has 1 fully saturated rings. The summed E-state index contributed by atoms with van der Waals surface area (Å²) in [5.41, 5.74) is 4.52. The summed E-state index contributed by atoms with van der Waals surface area (Å²) in [6.45, 7) is 3.75. The Labute approximate surface area is 247 Å². The van der Waals surface area contributed by atoms with Crippen LogP contribution >= 0.6 is 0 Å². The molecule has 8 nitrogen and oxygen atoms in total. The Morgan fingerprint density at radius 2 is 1.81 bits per heavy atom. The molecule has 1 saturated heterocycles. The number of ether oxygens (including phenoxy) is 1. The van der Waals surface area contributed by atoms with Crippen LogP contribution in [-0.4, -0.2) is 41.2 Å². The molecule has 43 heavy (non-hydrogen) atoms. The smallest absolute Gasteiger partial charge is 0.335 e. The number of carbonyl (C=O) groups excluding carboxylic acids is 1. The first-order valence-electron chi connectivity index (χ1n) is 14.1. The predicted octanol–water partition coefficient (Wildman–Crippen LogP) is 7.08. The fourth-order valence-electron chi connectivity index (χ4n) is 5.38. The van der Waals surface area contributed by atoms with E-state index in [4.69, 9.17) is 9.15 Å². The van der Waals surface area contributed by atoms with E-state index >= 15 is 0 Å². The van der Waals surface area contributed by atoms with E-state index in [2.05, 4.69) is 15.2 Å². The number of piperidine rings is 1. The summed E-state index contributed by atoms with van der Waals surface area (Å²) in [5.74, 6) is -0.599. The summed E-state index contributed by atoms with van der Waals surface area (Å²) < 4.78 is 25.7. The zero-order chi connectivity index (χ0) is 29.9. The number of hydrogen-bond donors (Lipinski definition) is 2. The highest BCUT2D eigenvalue weighted by molar-refractivity contribution is 6.06. The molecule has 0 radical (unpaired) electrons. The van der Waals surface area contributed by atoms with Crippen LogP contribution in [0.25, 0.3) is 22.1 Å². The number of aromatic carboxylic acids is 1. The van der Waals surface area contributed by atoms with Gasteiger partial charge in [-0.15, -0.1) is 0 Å². The lowest BCUT2D eigenvalue weighted by Crippen LogP contribution is -2.37. The number of nitrogens with one attached hydrogen (secondary N) is 1. The number of aryl methyl sites for hydroxylation is 1. The van der Waals surface area contributed by atoms with Crippen molar-refractivity contribution in [2.24, 2.45) is 0 Å². The van der Waals surface area contributed by atoms with E-state index in [9.17, 15) is 19.1 Å². The maximum Gasteiger partial charge on any atom is 0.335 e. The van der Waals surface area contributed by atoms with Crippen LogP contribution in [0.3, 0.4) is 0 Å². The van der Waals surface area contributed by atoms with Crippen molar-refractivity contribution in [3.8, 4) is 11.1 Å². The molecule has 5 aromatic rings. The number of amides is 1. The van der Waals surface area contributed by atoms with E-state index in [1.807, 2.05) is 43.3 Å². The van der Waals surface area contributed by atoms with E-state index < -0.39 is 5.97 Å². The van der Waals surface area contributed by atoms with Crippen molar-refractivity contribution in [1.82, 2.24) is 4.98 Å². The molecule has 0 bridgehead atoms. The Balaban J connectivity index is 1.05. The quantitative estimate of drug-likeness (QED) is 0.202. The fraction of sp³-hybridized carbons (Fsp3) is 0.206. The zero-order valence-corrected chi connectivity index (χ0v) is 23.5. The maximum atomic E-state index is 13.7. The second-order valence-corrected chi connectivity index (χ2v) is 10.6. The van der Waals surface area contributed by atoms with Gasteiger partial charge >= 0.3 is 5.97 Å². The zero-order valence-electron chi connectivity index (χ0n) is 23.5. The van der Waals surface area contributed by atoms with Crippen molar-refractivity contribution < 1.29 is 28.2 Å². The number of carboxylic acid groups (broad SMARTS) is 1. The average Bonchev–Trinajstić information content (AvgIpc) is 3.36. The molecule has 0 spiro atoms. The molecule has 3 aromatic carbocycles. The largest absolute Gasteiger partial charge is 0.478 e. The van der Waals surface area contributed by atoms with E-state index in [0.29, 0.717) is 23.4 Å². The molecule has 0 saturated carbocycles. The SMILES string of the molecule is Cc1c(C(=O)Nc2ccc(N3CCC(OCc4cccc(C(=O)O)c4)CC3)nc2)oc2ccc(-c3cccc(F)c3)cc12. The topological polar surface area (TPSA) is 105 Å². The number of hydrogen-bond acceptors (Lipinski definition) is 6. The van der Waals surface area contributed by atoms with Crippen molar-refractivity contribution in [1.29, 1.82) is 0 Å². The molecule has 3 heterocycles. The normalized spacial score (nSPS) is 13.8. The second kappa shape index (κ2) is 12.1. The van der Waals surface area contributed by atoms with Crippen molar-refractivity contribution in [2.45, 2.75) is 32.5 Å². The van der Waals surface area contributed by atoms with Gasteiger partial charge in [-0.3, -0.25) is 4.79 Å². The van der Waals surface area contributed by atoms with E-state index in [1.165, 1.54) is 12.1 Å². The number of pyridine rings is 1. The number of fused-ring (bicyclic) bond motifs is 1. The van der Waals surface area contributed by atoms with Gasteiger partial charge in [0.2, 0.25) is 0 Å². The average molecular weight is 580 g/mol. The van der Waals surface area contributed by atoms with Gasteiger partial charge in [-0.05, 0) is 85.0 Å². The van der Waals surface area contributed by atoms with Crippen molar-refractivity contribution in [3.05, 3.63) is 113 Å². The number of rotatable bonds is 8. The van der Waals surface area contributed by atoms with Crippen LogP contribution in [-0.2, 0) is 11.3 Å². The summed E-state index contributed by atoms with van der Waals surface area (Å²) in [4.78, 5) is 31.0. The highest BCUT2D eigenvalue weighted by atomic mass is 19.1. The number of furan rings is 1. The fourth-order valence-corrected chi connectivity index (χ4v) is 5.38. The van der Waals surface area contributed by atoms with Gasteiger partial charge in [0, 0.05) is 24.0 Å². The minimum absolute atomic E-state index is 0.0836. The Morgan fingerprint density at radius 3 is 2.56 bits per heavy atom. The Kier molecular flexibility index (Phi) is 7.89. The predicted molar refractivity (Wildman–Crippen MR) is 162 cm³/mol. The van der Waals surface area contributed by atoms with Gasteiger partial charge in [0.05, 0.1) is 30.2 Å². The monoisotopic (exact) mass is 579 g/mol. The first-order valence-corrected chi connectivity index (χ1v) is 14.1. The highest BCUT2D eigenvalue weighted by Gasteiger charge is 2.22. The molecule has 0 atom stereocenters. The van der Waals surface area contributed by atoms with Gasteiger partial charge in [-0.2, -0.15) is 0 Å². The summed E-state index contributed by atoms with van der Waals surface area (Å²) in [6, 6.07) is 22.4. The number of carbonyl (C=O) groups is 2. The van der Waals surface area contributed by atoms with Gasteiger partial charge in [0.1, 0.15) is 17.2 Å². The van der Waals surface area contributed by atoms with Gasteiger partial charge in [0.25, 0.3) is 5.91 Å². The van der Waals surface area contributed by atoms with Crippen LogP contribution in [0.1, 0.15) is 44.9 Å². The summed E-state index contributed by atoms with van der Waals surface area (Å²) in [7, 11) is 0. The summed E-state index contributed by atoms with van der Waals surface area (Å²) >= 11 is 0. The Bertz CT molecular complexity index is 1790. The molecule has 1 aliphatic heterocycles. The van der Waals surface area contributed by atoms with Gasteiger partial charge < -0.3 is 24.5 Å². The third-order valence-corrected chi connectivity index (χ3v) is 7.73. The lowest BCUT2D eigenvalue weighted by atomic mass is 10.0. The van der Waals surface area contributed by atoms with Crippen LogP contribution in [0.2, 0.25) is 0 Å². The molecule has 1 amide bonds. The number of benzene rings is 3. The lowest BCUT2D eigenvalue weighted by Gasteiger charge is -2.32. The van der Waals surface area contributed by atoms with Crippen LogP contribution < -0.4 is 10.2 Å². The number of carboxylic acids is 1. The third-order valence-electron chi connectivity index (χ3n) is 7.73. The summed E-state index contributed by atoms with van der Waals surface area (Å²) in [6.07, 6.45) is 3.36. The Morgan fingerprint density at radius 1 is 1.02 bits per heavy atom. The number of anilines is 2. The number of halogens is 1. The van der Waals surface area contributed by atoms with Gasteiger partial charge in [0.15, 0.2) is 5.76 Å². The standard InChI is InChI=1S/C34H30FN3O5/c1-21-29-18-24(23-5-3-7-26(35)17-23)8-10-30(29)43-32(21)33(39)37-27-9-11-31(36-19-27)38-14-12-28(13-15-38)42-20-22-4-2-6-25(16-22)34(40)41/h2-11,16-19,28H,12-15,20H2,1H3,(H,37,39)(H,40,41). The second-order valence-electron chi connectivity index (χ2n) is 10.6. The van der Waals surface area contributed by atoms with Crippen molar-refractivity contribution >= 4 is 34.4 Å². The highest BCUT2D eigenvalue weighted by Crippen LogP contribution is 2.31. The van der Waals surface area contributed by atoms with E-state index in [-0.39, 0.29) is 29.2 Å². The third kappa shape index (κ3) is 6.27. The first-order chi connectivity index (χ1) is 20.8. The maximum absolute atomic E-state index is 13.7. The molecule has 6 rings (SSSR count). The molecule has 2 N–H and O–H groups in total. The van der Waals surface area contributed by atoms with Crippen LogP contribution in [0.4, 0.5) is 15.9 Å². The summed E-state index contributed by atoms with van der Waals surface area (Å²) in [5, 5.41) is 12.8. The van der Waals surface area contributed by atoms with Crippen molar-refractivity contribution in [3.63, 3.8) is 0 Å². The molecule has 1 aliphatic rings. The minimum Gasteiger partial charge on any atom is -0.478 e. The molecular weight excluding hydrogens is 549 g/mol. The van der Waals surface area contributed by atoms with Crippen LogP contribution in [0, 0.1) is 12.7 Å². The van der Waals surface area contributed by atoms with Crippen LogP contribution in [0.15, 0.2) is 89.5 Å². The number of aromatic nitrogens is 1. The molecule has 0 aliphatic carbocycles. The molecule has 9 heteroatoms. The van der Waals surface area contributed by atoms with Gasteiger partial charge in [-0.25, -0.2) is 14.2 Å². The molecular formula is C34H30FN3O5. The first kappa shape index (κ1) is 28.1. The molecule has 2 aromatic heterocycles. The van der Waals surface area contributed by atoms with Crippen molar-refractivity contribution in [2.75, 3.05) is 23.3 Å². The lowest BCUT2D eigenvalue weighted by molar-refractivity contribution is 0.0250.